The Morgan fingerprint density at radius 1 is 1.21 bits per heavy atom. The van der Waals surface area contributed by atoms with E-state index < -0.39 is 0 Å². The molecule has 2 heterocycles. The number of methoxy groups -OCH3 is 1. The molecule has 0 amide bonds. The van der Waals surface area contributed by atoms with E-state index in [1.165, 1.54) is 16.8 Å². The van der Waals surface area contributed by atoms with Crippen LogP contribution >= 0.6 is 0 Å². The van der Waals surface area contributed by atoms with Gasteiger partial charge in [0.1, 0.15) is 5.76 Å². The first-order valence-corrected chi connectivity index (χ1v) is 10.1. The van der Waals surface area contributed by atoms with E-state index in [0.717, 1.165) is 49.5 Å². The van der Waals surface area contributed by atoms with Gasteiger partial charge >= 0.3 is 0 Å². The van der Waals surface area contributed by atoms with Gasteiger partial charge in [0, 0.05) is 48.7 Å². The van der Waals surface area contributed by atoms with Crippen LogP contribution in [0.2, 0.25) is 0 Å². The Bertz CT molecular complexity index is 875. The number of nitrogens with two attached hydrogens (primary N) is 1. The van der Waals surface area contributed by atoms with Crippen LogP contribution in [0.1, 0.15) is 37.9 Å². The number of benzene rings is 1. The van der Waals surface area contributed by atoms with Crippen LogP contribution in [-0.2, 0) is 11.2 Å². The maximum atomic E-state index is 6.02. The second kappa shape index (κ2) is 7.80. The Morgan fingerprint density at radius 3 is 2.64 bits per heavy atom. The van der Waals surface area contributed by atoms with Crippen molar-refractivity contribution in [2.45, 2.75) is 39.2 Å². The normalized spacial score (nSPS) is 19.2. The van der Waals surface area contributed by atoms with Crippen LogP contribution in [0.3, 0.4) is 0 Å². The topological polar surface area (TPSA) is 76.3 Å². The number of nitrogens with zero attached hydrogens (tertiary/aromatic N) is 3. The zero-order valence-corrected chi connectivity index (χ0v) is 16.9. The molecule has 0 spiro atoms. The molecule has 1 aliphatic heterocycles. The molecule has 1 atom stereocenters. The number of aromatic nitrogens is 2. The van der Waals surface area contributed by atoms with Crippen LogP contribution < -0.4 is 16.0 Å². The summed E-state index contributed by atoms with van der Waals surface area (Å²) >= 11 is 0. The quantitative estimate of drug-likeness (QED) is 0.825. The molecule has 1 aromatic carbocycles. The van der Waals surface area contributed by atoms with Crippen LogP contribution in [0, 0.1) is 5.92 Å². The van der Waals surface area contributed by atoms with Crippen LogP contribution in [0.25, 0.3) is 5.57 Å². The van der Waals surface area contributed by atoms with E-state index in [1.807, 2.05) is 6.20 Å². The molecule has 4 rings (SSSR count). The van der Waals surface area contributed by atoms with Crippen LogP contribution in [0.4, 0.5) is 17.3 Å². The molecule has 0 radical (unpaired) electrons. The third-order valence-corrected chi connectivity index (χ3v) is 5.58. The summed E-state index contributed by atoms with van der Waals surface area (Å²) in [6.45, 7) is 6.31. The molecule has 1 fully saturated rings. The van der Waals surface area contributed by atoms with Crippen molar-refractivity contribution in [2.75, 3.05) is 30.4 Å². The number of aryl methyl sites for hydroxylation is 1. The lowest BCUT2D eigenvalue weighted by Crippen LogP contribution is -2.26. The average molecular weight is 380 g/mol. The minimum absolute atomic E-state index is 0.280. The fourth-order valence-electron chi connectivity index (χ4n) is 4.11. The van der Waals surface area contributed by atoms with Gasteiger partial charge in [-0.25, -0.2) is 9.97 Å². The summed E-state index contributed by atoms with van der Waals surface area (Å²) in [6, 6.07) is 8.67. The van der Waals surface area contributed by atoms with Gasteiger partial charge in [-0.15, -0.1) is 0 Å². The Balaban J connectivity index is 1.55. The Kier molecular flexibility index (Phi) is 5.22. The summed E-state index contributed by atoms with van der Waals surface area (Å²) in [5, 5.41) is 3.34. The summed E-state index contributed by atoms with van der Waals surface area (Å²) in [6.07, 6.45) is 4.83. The van der Waals surface area contributed by atoms with E-state index in [0.29, 0.717) is 11.9 Å². The third-order valence-electron chi connectivity index (χ3n) is 5.58. The lowest BCUT2D eigenvalue weighted by molar-refractivity contribution is 0.275. The minimum Gasteiger partial charge on any atom is -0.501 e. The number of ether oxygens (including phenoxy) is 1. The number of anilines is 3. The van der Waals surface area contributed by atoms with E-state index in [9.17, 15) is 0 Å². The van der Waals surface area contributed by atoms with Crippen molar-refractivity contribution in [2.24, 2.45) is 11.7 Å². The summed E-state index contributed by atoms with van der Waals surface area (Å²) in [5.41, 5.74) is 11.6. The average Bonchev–Trinajstić information content (AvgIpc) is 3.13. The lowest BCUT2D eigenvalue weighted by Gasteiger charge is -2.24. The monoisotopic (exact) mass is 379 g/mol. The summed E-state index contributed by atoms with van der Waals surface area (Å²) in [4.78, 5) is 11.7. The highest BCUT2D eigenvalue weighted by atomic mass is 16.5. The molecule has 2 aliphatic rings. The van der Waals surface area contributed by atoms with Crippen molar-refractivity contribution >= 4 is 22.9 Å². The number of hydrogen-bond donors (Lipinski definition) is 2. The first kappa shape index (κ1) is 18.7. The number of fused-ring (bicyclic) bond motifs is 1. The molecule has 148 valence electrons. The van der Waals surface area contributed by atoms with E-state index in [-0.39, 0.29) is 6.04 Å². The standard InChI is InChI=1S/C22H29N5O/c1-14(2)20-19(28-3)9-4-15-12-24-22(26-21(15)20)25-17-5-7-18(8-6-17)27-11-10-16(23)13-27/h5-8,12,14,16H,4,9-11,13,23H2,1-3H3,(H,24,25,26). The van der Waals surface area contributed by atoms with Gasteiger partial charge < -0.3 is 20.7 Å². The van der Waals surface area contributed by atoms with Gasteiger partial charge in [0.2, 0.25) is 5.95 Å². The molecule has 6 nitrogen and oxygen atoms in total. The predicted octanol–water partition coefficient (Wildman–Crippen LogP) is 3.72. The van der Waals surface area contributed by atoms with E-state index in [4.69, 9.17) is 15.5 Å². The summed E-state index contributed by atoms with van der Waals surface area (Å²) in [5.74, 6) is 2.01. The summed E-state index contributed by atoms with van der Waals surface area (Å²) < 4.78 is 5.63. The molecule has 1 unspecified atom stereocenters. The smallest absolute Gasteiger partial charge is 0.227 e. The summed E-state index contributed by atoms with van der Waals surface area (Å²) in [7, 11) is 1.75. The number of nitrogens with one attached hydrogen (secondary N) is 1. The minimum atomic E-state index is 0.280. The Labute approximate surface area is 166 Å². The zero-order chi connectivity index (χ0) is 19.7. The first-order chi connectivity index (χ1) is 13.5. The Morgan fingerprint density at radius 2 is 2.00 bits per heavy atom. The van der Waals surface area contributed by atoms with Gasteiger partial charge in [-0.3, -0.25) is 0 Å². The van der Waals surface area contributed by atoms with Crippen molar-refractivity contribution in [3.05, 3.63) is 47.5 Å². The van der Waals surface area contributed by atoms with Gasteiger partial charge in [-0.1, -0.05) is 13.8 Å². The van der Waals surface area contributed by atoms with Crippen LogP contribution in [0.5, 0.6) is 0 Å². The van der Waals surface area contributed by atoms with Crippen molar-refractivity contribution < 1.29 is 4.74 Å². The van der Waals surface area contributed by atoms with Crippen LogP contribution in [-0.4, -0.2) is 36.2 Å². The first-order valence-electron chi connectivity index (χ1n) is 10.1. The highest BCUT2D eigenvalue weighted by Gasteiger charge is 2.24. The Hall–Kier alpha value is -2.60. The van der Waals surface area contributed by atoms with E-state index >= 15 is 0 Å². The number of rotatable bonds is 5. The molecule has 28 heavy (non-hydrogen) atoms. The van der Waals surface area contributed by atoms with E-state index in [2.05, 4.69) is 53.3 Å². The molecule has 3 N–H and O–H groups in total. The number of allylic oxidation sites excluding steroid dienone is 2. The van der Waals surface area contributed by atoms with Gasteiger partial charge in [-0.05, 0) is 48.6 Å². The molecule has 1 saturated heterocycles. The maximum absolute atomic E-state index is 6.02. The van der Waals surface area contributed by atoms with Crippen molar-refractivity contribution in [3.8, 4) is 0 Å². The largest absolute Gasteiger partial charge is 0.501 e. The number of hydrogen-bond acceptors (Lipinski definition) is 6. The fraction of sp³-hybridized carbons (Fsp3) is 0.455. The fourth-order valence-corrected chi connectivity index (χ4v) is 4.11. The van der Waals surface area contributed by atoms with E-state index in [1.54, 1.807) is 7.11 Å². The second-order valence-corrected chi connectivity index (χ2v) is 7.93. The molecule has 6 heteroatoms. The van der Waals surface area contributed by atoms with Crippen molar-refractivity contribution in [1.29, 1.82) is 0 Å². The second-order valence-electron chi connectivity index (χ2n) is 7.93. The molecular weight excluding hydrogens is 350 g/mol. The van der Waals surface area contributed by atoms with Crippen molar-refractivity contribution in [1.82, 2.24) is 9.97 Å². The molecule has 1 aromatic heterocycles. The zero-order valence-electron chi connectivity index (χ0n) is 16.9. The van der Waals surface area contributed by atoms with Gasteiger partial charge in [-0.2, -0.15) is 0 Å². The predicted molar refractivity (Wildman–Crippen MR) is 114 cm³/mol. The van der Waals surface area contributed by atoms with Gasteiger partial charge in [0.25, 0.3) is 0 Å². The molecule has 1 aliphatic carbocycles. The van der Waals surface area contributed by atoms with Crippen molar-refractivity contribution in [3.63, 3.8) is 0 Å². The SMILES string of the molecule is COC1=C(C(C)C)c2nc(Nc3ccc(N4CCC(N)C4)cc3)ncc2CC1. The lowest BCUT2D eigenvalue weighted by atomic mass is 9.88. The highest BCUT2D eigenvalue weighted by molar-refractivity contribution is 5.71. The third kappa shape index (κ3) is 3.69. The van der Waals surface area contributed by atoms with Gasteiger partial charge in [0.05, 0.1) is 12.8 Å². The van der Waals surface area contributed by atoms with Crippen LogP contribution in [0.15, 0.2) is 36.2 Å². The van der Waals surface area contributed by atoms with Gasteiger partial charge in [0.15, 0.2) is 0 Å². The molecule has 2 aromatic rings. The maximum Gasteiger partial charge on any atom is 0.227 e. The molecular formula is C22H29N5O. The highest BCUT2D eigenvalue weighted by Crippen LogP contribution is 2.35. The molecule has 0 bridgehead atoms. The molecule has 0 saturated carbocycles.